The molecule has 1 saturated heterocycles. The van der Waals surface area contributed by atoms with Gasteiger partial charge in [0.15, 0.2) is 0 Å². The predicted molar refractivity (Wildman–Crippen MR) is 74.8 cm³/mol. The molecule has 4 heteroatoms. The summed E-state index contributed by atoms with van der Waals surface area (Å²) in [5.41, 5.74) is 1.09. The van der Waals surface area contributed by atoms with Gasteiger partial charge in [0.2, 0.25) is 5.91 Å². The van der Waals surface area contributed by atoms with Crippen LogP contribution in [0, 0.1) is 5.92 Å². The van der Waals surface area contributed by atoms with Gasteiger partial charge in [-0.25, -0.2) is 0 Å². The minimum absolute atomic E-state index is 0.0759. The number of hydrogen-bond acceptors (Lipinski definition) is 3. The van der Waals surface area contributed by atoms with Crippen molar-refractivity contribution < 1.29 is 9.53 Å². The molecule has 1 aliphatic rings. The zero-order chi connectivity index (χ0) is 13.5. The van der Waals surface area contributed by atoms with Crippen LogP contribution in [0.1, 0.15) is 24.5 Å². The van der Waals surface area contributed by atoms with Crippen LogP contribution >= 0.6 is 0 Å². The van der Waals surface area contributed by atoms with E-state index in [0.717, 1.165) is 31.6 Å². The fraction of sp³-hybridized carbons (Fsp3) is 0.533. The molecule has 1 aromatic rings. The Labute approximate surface area is 114 Å². The molecule has 2 atom stereocenters. The third kappa shape index (κ3) is 3.78. The Morgan fingerprint density at radius 3 is 2.84 bits per heavy atom. The summed E-state index contributed by atoms with van der Waals surface area (Å²) in [6, 6.07) is 10.0. The van der Waals surface area contributed by atoms with Gasteiger partial charge < -0.3 is 15.4 Å². The zero-order valence-electron chi connectivity index (χ0n) is 11.4. The number of ether oxygens (including phenoxy) is 1. The van der Waals surface area contributed by atoms with Gasteiger partial charge in [0.1, 0.15) is 0 Å². The van der Waals surface area contributed by atoms with Crippen molar-refractivity contribution in [2.24, 2.45) is 5.92 Å². The first kappa shape index (κ1) is 14.0. The molecular formula is C15H22N2O2. The smallest absolute Gasteiger partial charge is 0.226 e. The van der Waals surface area contributed by atoms with Crippen molar-refractivity contribution >= 4 is 5.91 Å². The Morgan fingerprint density at radius 2 is 2.11 bits per heavy atom. The Kier molecular flexibility index (Phi) is 5.36. The lowest BCUT2D eigenvalue weighted by Gasteiger charge is -2.31. The van der Waals surface area contributed by atoms with E-state index in [9.17, 15) is 4.79 Å². The average Bonchev–Trinajstić information content (AvgIpc) is 2.48. The Morgan fingerprint density at radius 1 is 1.32 bits per heavy atom. The molecule has 4 nitrogen and oxygen atoms in total. The highest BCUT2D eigenvalue weighted by molar-refractivity contribution is 5.79. The van der Waals surface area contributed by atoms with Crippen LogP contribution < -0.4 is 10.6 Å². The van der Waals surface area contributed by atoms with E-state index in [-0.39, 0.29) is 17.9 Å². The van der Waals surface area contributed by atoms with E-state index in [4.69, 9.17) is 4.74 Å². The lowest BCUT2D eigenvalue weighted by Crippen LogP contribution is -2.39. The van der Waals surface area contributed by atoms with Crippen molar-refractivity contribution in [3.05, 3.63) is 35.9 Å². The van der Waals surface area contributed by atoms with Crippen molar-refractivity contribution in [1.29, 1.82) is 0 Å². The summed E-state index contributed by atoms with van der Waals surface area (Å²) in [5.74, 6) is 0.0248. The first-order valence-corrected chi connectivity index (χ1v) is 6.92. The van der Waals surface area contributed by atoms with Gasteiger partial charge in [0.25, 0.3) is 0 Å². The van der Waals surface area contributed by atoms with Crippen LogP contribution in [-0.4, -0.2) is 32.7 Å². The van der Waals surface area contributed by atoms with Crippen LogP contribution in [0.4, 0.5) is 0 Å². The molecule has 1 aromatic carbocycles. The highest BCUT2D eigenvalue weighted by Gasteiger charge is 2.32. The van der Waals surface area contributed by atoms with E-state index in [1.165, 1.54) is 0 Å². The molecule has 0 saturated carbocycles. The number of carbonyl (C=O) groups is 1. The molecule has 2 unspecified atom stereocenters. The van der Waals surface area contributed by atoms with E-state index in [2.05, 4.69) is 10.6 Å². The highest BCUT2D eigenvalue weighted by Crippen LogP contribution is 2.33. The lowest BCUT2D eigenvalue weighted by atomic mass is 9.89. The van der Waals surface area contributed by atoms with Crippen LogP contribution in [0.3, 0.4) is 0 Å². The standard InChI is InChI=1S/C15H22N2O2/c1-16-9-10-17-15(18)13-8-5-11-19-14(13)12-6-3-2-4-7-12/h2-4,6-7,13-14,16H,5,8-11H2,1H3,(H,17,18). The second kappa shape index (κ2) is 7.26. The van der Waals surface area contributed by atoms with E-state index in [1.807, 2.05) is 37.4 Å². The van der Waals surface area contributed by atoms with Gasteiger partial charge in [-0.3, -0.25) is 4.79 Å². The van der Waals surface area contributed by atoms with Crippen LogP contribution in [-0.2, 0) is 9.53 Å². The first-order chi connectivity index (χ1) is 9.33. The molecule has 0 bridgehead atoms. The number of nitrogens with one attached hydrogen (secondary N) is 2. The van der Waals surface area contributed by atoms with E-state index < -0.39 is 0 Å². The quantitative estimate of drug-likeness (QED) is 0.791. The van der Waals surface area contributed by atoms with E-state index in [0.29, 0.717) is 6.54 Å². The zero-order valence-corrected chi connectivity index (χ0v) is 11.4. The molecule has 2 N–H and O–H groups in total. The van der Waals surface area contributed by atoms with Crippen molar-refractivity contribution in [3.8, 4) is 0 Å². The molecule has 1 amide bonds. The second-order valence-electron chi connectivity index (χ2n) is 4.85. The Balaban J connectivity index is 2.01. The van der Waals surface area contributed by atoms with Gasteiger partial charge in [-0.15, -0.1) is 0 Å². The van der Waals surface area contributed by atoms with Crippen LogP contribution in [0.25, 0.3) is 0 Å². The number of likely N-dealkylation sites (N-methyl/N-ethyl adjacent to an activating group) is 1. The molecule has 0 radical (unpaired) electrons. The summed E-state index contributed by atoms with van der Waals surface area (Å²) in [6.45, 7) is 2.18. The molecule has 19 heavy (non-hydrogen) atoms. The van der Waals surface area contributed by atoms with Gasteiger partial charge in [0, 0.05) is 19.7 Å². The van der Waals surface area contributed by atoms with Crippen molar-refractivity contribution in [2.45, 2.75) is 18.9 Å². The number of hydrogen-bond donors (Lipinski definition) is 2. The summed E-state index contributed by atoms with van der Waals surface area (Å²) in [4.78, 5) is 12.2. The molecule has 1 fully saturated rings. The number of benzene rings is 1. The highest BCUT2D eigenvalue weighted by atomic mass is 16.5. The van der Waals surface area contributed by atoms with E-state index in [1.54, 1.807) is 0 Å². The van der Waals surface area contributed by atoms with Crippen LogP contribution in [0.5, 0.6) is 0 Å². The monoisotopic (exact) mass is 262 g/mol. The summed E-state index contributed by atoms with van der Waals surface area (Å²) in [5, 5.41) is 5.99. The minimum Gasteiger partial charge on any atom is -0.373 e. The maximum Gasteiger partial charge on any atom is 0.226 e. The Hall–Kier alpha value is -1.39. The fourth-order valence-electron chi connectivity index (χ4n) is 2.46. The number of carbonyl (C=O) groups excluding carboxylic acids is 1. The Bertz CT molecular complexity index is 394. The number of amides is 1. The second-order valence-corrected chi connectivity index (χ2v) is 4.85. The third-order valence-corrected chi connectivity index (χ3v) is 3.46. The first-order valence-electron chi connectivity index (χ1n) is 6.92. The van der Waals surface area contributed by atoms with E-state index >= 15 is 0 Å². The minimum atomic E-state index is -0.107. The maximum absolute atomic E-state index is 12.2. The predicted octanol–water partition coefficient (Wildman–Crippen LogP) is 1.49. The largest absolute Gasteiger partial charge is 0.373 e. The van der Waals surface area contributed by atoms with Gasteiger partial charge in [-0.1, -0.05) is 30.3 Å². The number of rotatable bonds is 5. The third-order valence-electron chi connectivity index (χ3n) is 3.46. The lowest BCUT2D eigenvalue weighted by molar-refractivity contribution is -0.134. The fourth-order valence-corrected chi connectivity index (χ4v) is 2.46. The van der Waals surface area contributed by atoms with Gasteiger partial charge in [-0.05, 0) is 25.5 Å². The summed E-state index contributed by atoms with van der Waals surface area (Å²) in [7, 11) is 1.88. The summed E-state index contributed by atoms with van der Waals surface area (Å²) in [6.07, 6.45) is 1.74. The van der Waals surface area contributed by atoms with Gasteiger partial charge in [-0.2, -0.15) is 0 Å². The molecule has 2 rings (SSSR count). The summed E-state index contributed by atoms with van der Waals surface area (Å²) >= 11 is 0. The maximum atomic E-state index is 12.2. The van der Waals surface area contributed by atoms with Crippen molar-refractivity contribution in [2.75, 3.05) is 26.7 Å². The normalized spacial score (nSPS) is 23.0. The van der Waals surface area contributed by atoms with Crippen molar-refractivity contribution in [1.82, 2.24) is 10.6 Å². The molecule has 1 heterocycles. The van der Waals surface area contributed by atoms with Gasteiger partial charge in [0.05, 0.1) is 12.0 Å². The topological polar surface area (TPSA) is 50.4 Å². The van der Waals surface area contributed by atoms with Crippen LogP contribution in [0.15, 0.2) is 30.3 Å². The summed E-state index contributed by atoms with van der Waals surface area (Å²) < 4.78 is 5.83. The molecule has 0 spiro atoms. The molecule has 0 aliphatic carbocycles. The van der Waals surface area contributed by atoms with Gasteiger partial charge >= 0.3 is 0 Å². The molecule has 104 valence electrons. The van der Waals surface area contributed by atoms with Crippen molar-refractivity contribution in [3.63, 3.8) is 0 Å². The van der Waals surface area contributed by atoms with Crippen LogP contribution in [0.2, 0.25) is 0 Å². The molecular weight excluding hydrogens is 240 g/mol. The molecule has 0 aromatic heterocycles. The SMILES string of the molecule is CNCCNC(=O)C1CCCOC1c1ccccc1. The average molecular weight is 262 g/mol. The molecule has 1 aliphatic heterocycles.